The van der Waals surface area contributed by atoms with Crippen molar-refractivity contribution in [2.75, 3.05) is 0 Å². The minimum absolute atomic E-state index is 0.680. The molecule has 2 heteroatoms. The van der Waals surface area contributed by atoms with E-state index in [-0.39, 0.29) is 0 Å². The molecule has 0 radical (unpaired) electrons. The summed E-state index contributed by atoms with van der Waals surface area (Å²) >= 11 is -3.44. The Hall–Kier alpha value is -1.84. The van der Waals surface area contributed by atoms with Gasteiger partial charge in [0.2, 0.25) is 0 Å². The Labute approximate surface area is 185 Å². The number of rotatable bonds is 5. The first-order chi connectivity index (χ1) is 14.7. The summed E-state index contributed by atoms with van der Waals surface area (Å²) in [4.78, 5) is 0. The Morgan fingerprint density at radius 1 is 0.567 bits per heavy atom. The van der Waals surface area contributed by atoms with E-state index in [1.165, 1.54) is 30.0 Å². The van der Waals surface area contributed by atoms with Gasteiger partial charge in [0.05, 0.1) is 0 Å². The number of hydrogen-bond acceptors (Lipinski definition) is 1. The molecule has 0 heterocycles. The molecular formula is C28H32OSn. The third-order valence-corrected chi connectivity index (χ3v) is 19.1. The molecule has 1 fully saturated rings. The molecular weight excluding hydrogens is 471 g/mol. The second-order valence-electron chi connectivity index (χ2n) is 8.61. The molecule has 4 rings (SSSR count). The number of benzene rings is 3. The Balaban J connectivity index is 1.88. The zero-order valence-electron chi connectivity index (χ0n) is 17.7. The molecule has 0 aliphatic heterocycles. The van der Waals surface area contributed by atoms with Crippen LogP contribution >= 0.6 is 0 Å². The average molecular weight is 503 g/mol. The van der Waals surface area contributed by atoms with Crippen LogP contribution in [0.4, 0.5) is 0 Å². The summed E-state index contributed by atoms with van der Waals surface area (Å²) in [5, 5.41) is 11.5. The van der Waals surface area contributed by atoms with Crippen LogP contribution in [0.15, 0.2) is 101 Å². The van der Waals surface area contributed by atoms with Gasteiger partial charge in [0.25, 0.3) is 0 Å². The quantitative estimate of drug-likeness (QED) is 0.500. The second-order valence-corrected chi connectivity index (χ2v) is 19.1. The summed E-state index contributed by atoms with van der Waals surface area (Å²) in [6.07, 6.45) is 9.98. The molecule has 1 nitrogen and oxygen atoms in total. The van der Waals surface area contributed by atoms with E-state index in [9.17, 15) is 5.11 Å². The molecule has 0 unspecified atom stereocenters. The molecule has 3 aromatic carbocycles. The second kappa shape index (κ2) is 9.98. The topological polar surface area (TPSA) is 20.2 Å². The molecule has 0 amide bonds. The molecule has 1 aliphatic rings. The molecule has 0 spiro atoms. The SMILES string of the molecule is OC1(C=[CH][Sn]([c]2ccccc2)([c]2ccccc2)[c]2ccccc2)CCCCCCC1. The van der Waals surface area contributed by atoms with E-state index in [0.717, 1.165) is 25.7 Å². The van der Waals surface area contributed by atoms with Crippen molar-refractivity contribution in [2.45, 2.75) is 50.5 Å². The molecule has 1 N–H and O–H groups in total. The monoisotopic (exact) mass is 504 g/mol. The van der Waals surface area contributed by atoms with Gasteiger partial charge in [-0.15, -0.1) is 0 Å². The van der Waals surface area contributed by atoms with Crippen LogP contribution in [-0.4, -0.2) is 29.1 Å². The van der Waals surface area contributed by atoms with Gasteiger partial charge in [-0.05, 0) is 0 Å². The van der Waals surface area contributed by atoms with Gasteiger partial charge in [0, 0.05) is 0 Å². The summed E-state index contributed by atoms with van der Waals surface area (Å²) < 4.78 is 6.76. The fourth-order valence-corrected chi connectivity index (χ4v) is 17.1. The van der Waals surface area contributed by atoms with Crippen LogP contribution < -0.4 is 10.7 Å². The summed E-state index contributed by atoms with van der Waals surface area (Å²) in [5.41, 5.74) is -0.680. The van der Waals surface area contributed by atoms with Gasteiger partial charge >= 0.3 is 186 Å². The molecule has 0 aromatic heterocycles. The molecule has 154 valence electrons. The van der Waals surface area contributed by atoms with E-state index in [1.54, 1.807) is 0 Å². The summed E-state index contributed by atoms with van der Waals surface area (Å²) in [6, 6.07) is 33.0. The maximum atomic E-state index is 11.5. The Kier molecular flexibility index (Phi) is 7.11. The molecule has 0 saturated heterocycles. The number of aliphatic hydroxyl groups is 1. The predicted molar refractivity (Wildman–Crippen MR) is 130 cm³/mol. The van der Waals surface area contributed by atoms with E-state index < -0.39 is 24.0 Å². The van der Waals surface area contributed by atoms with Gasteiger partial charge in [0.15, 0.2) is 0 Å². The van der Waals surface area contributed by atoms with Crippen molar-refractivity contribution in [3.8, 4) is 0 Å². The van der Waals surface area contributed by atoms with Gasteiger partial charge in [-0.2, -0.15) is 0 Å². The molecule has 30 heavy (non-hydrogen) atoms. The van der Waals surface area contributed by atoms with Crippen LogP contribution in [0, 0.1) is 0 Å². The standard InChI is InChI=1S/C10H17O.3C6H5.Sn/c1-2-10(11)8-6-4-3-5-7-9-10;3*1-2-4-6-5-3-1;/h1-2,11H,3-9H2;3*1-5H;. The first-order valence-corrected chi connectivity index (χ1v) is 17.3. The van der Waals surface area contributed by atoms with Crippen LogP contribution in [0.3, 0.4) is 0 Å². The summed E-state index contributed by atoms with van der Waals surface area (Å²) in [7, 11) is 0. The van der Waals surface area contributed by atoms with Crippen LogP contribution in [0.2, 0.25) is 0 Å². The van der Waals surface area contributed by atoms with Crippen LogP contribution in [0.1, 0.15) is 44.9 Å². The Morgan fingerprint density at radius 2 is 0.933 bits per heavy atom. The van der Waals surface area contributed by atoms with Crippen LogP contribution in [0.5, 0.6) is 0 Å². The van der Waals surface area contributed by atoms with Gasteiger partial charge in [0.1, 0.15) is 0 Å². The summed E-state index contributed by atoms with van der Waals surface area (Å²) in [6.45, 7) is 0. The van der Waals surface area contributed by atoms with E-state index in [0.29, 0.717) is 0 Å². The van der Waals surface area contributed by atoms with Crippen molar-refractivity contribution in [2.24, 2.45) is 0 Å². The fraction of sp³-hybridized carbons (Fsp3) is 0.286. The van der Waals surface area contributed by atoms with Crippen molar-refractivity contribution >= 4 is 29.1 Å². The van der Waals surface area contributed by atoms with Gasteiger partial charge in [-0.3, -0.25) is 0 Å². The van der Waals surface area contributed by atoms with Crippen molar-refractivity contribution in [3.63, 3.8) is 0 Å². The van der Waals surface area contributed by atoms with Gasteiger partial charge < -0.3 is 0 Å². The molecule has 1 saturated carbocycles. The van der Waals surface area contributed by atoms with Crippen LogP contribution in [0.25, 0.3) is 0 Å². The van der Waals surface area contributed by atoms with Crippen LogP contribution in [-0.2, 0) is 0 Å². The van der Waals surface area contributed by atoms with Crippen molar-refractivity contribution in [3.05, 3.63) is 101 Å². The van der Waals surface area contributed by atoms with Crippen molar-refractivity contribution < 1.29 is 5.11 Å². The molecule has 1 aliphatic carbocycles. The fourth-order valence-electron chi connectivity index (χ4n) is 4.86. The average Bonchev–Trinajstić information content (AvgIpc) is 2.79. The normalized spacial score (nSPS) is 17.4. The Bertz CT molecular complexity index is 829. The zero-order valence-corrected chi connectivity index (χ0v) is 20.6. The molecule has 3 aromatic rings. The first-order valence-electron chi connectivity index (χ1n) is 11.3. The van der Waals surface area contributed by atoms with Crippen molar-refractivity contribution in [1.82, 2.24) is 0 Å². The van der Waals surface area contributed by atoms with Gasteiger partial charge in [-0.1, -0.05) is 0 Å². The molecule has 0 atom stereocenters. The van der Waals surface area contributed by atoms with E-state index in [4.69, 9.17) is 0 Å². The summed E-state index contributed by atoms with van der Waals surface area (Å²) in [5.74, 6) is 0. The minimum atomic E-state index is -3.44. The van der Waals surface area contributed by atoms with E-state index >= 15 is 0 Å². The third kappa shape index (κ3) is 4.73. The zero-order chi connectivity index (χ0) is 20.7. The Morgan fingerprint density at radius 3 is 1.33 bits per heavy atom. The first kappa shape index (κ1) is 21.4. The predicted octanol–water partition coefficient (Wildman–Crippen LogP) is 4.73. The van der Waals surface area contributed by atoms with Gasteiger partial charge in [-0.25, -0.2) is 0 Å². The van der Waals surface area contributed by atoms with E-state index in [1.807, 2.05) is 0 Å². The molecule has 0 bridgehead atoms. The maximum absolute atomic E-state index is 11.5. The van der Waals surface area contributed by atoms with Crippen molar-refractivity contribution in [1.29, 1.82) is 0 Å². The number of hydrogen-bond donors (Lipinski definition) is 1. The third-order valence-electron chi connectivity index (χ3n) is 6.55. The van der Waals surface area contributed by atoms with E-state index in [2.05, 4.69) is 101 Å².